The van der Waals surface area contributed by atoms with Crippen LogP contribution < -0.4 is 5.32 Å². The molecule has 1 atom stereocenters. The molecule has 24 heavy (non-hydrogen) atoms. The van der Waals surface area contributed by atoms with Crippen LogP contribution in [-0.2, 0) is 21.2 Å². The average molecular weight is 347 g/mol. The van der Waals surface area contributed by atoms with E-state index in [2.05, 4.69) is 5.32 Å². The highest BCUT2D eigenvalue weighted by Gasteiger charge is 2.13. The zero-order valence-electron chi connectivity index (χ0n) is 13.9. The van der Waals surface area contributed by atoms with Gasteiger partial charge in [-0.1, -0.05) is 24.3 Å². The number of methoxy groups -OCH3 is 1. The van der Waals surface area contributed by atoms with Crippen LogP contribution >= 0.6 is 0 Å². The fourth-order valence-corrected chi connectivity index (χ4v) is 2.92. The SMILES string of the molecule is COCc1ccc(C(=O)N[C@H](C)c2ccc(S(C)(=O)=O)cc2)cc1. The first kappa shape index (κ1) is 18.2. The summed E-state index contributed by atoms with van der Waals surface area (Å²) in [6, 6.07) is 13.5. The maximum atomic E-state index is 12.3. The standard InChI is InChI=1S/C18H21NO4S/c1-13(15-8-10-17(11-9-15)24(3,21)22)19-18(20)16-6-4-14(5-7-16)12-23-2/h4-11,13H,12H2,1-3H3,(H,19,20)/t13-/m1/s1. The quantitative estimate of drug-likeness (QED) is 0.872. The Balaban J connectivity index is 2.05. The van der Waals surface area contributed by atoms with Gasteiger partial charge in [-0.25, -0.2) is 8.42 Å². The van der Waals surface area contributed by atoms with Gasteiger partial charge in [-0.2, -0.15) is 0 Å². The summed E-state index contributed by atoms with van der Waals surface area (Å²) in [6.07, 6.45) is 1.17. The third kappa shape index (κ3) is 4.66. The average Bonchev–Trinajstić information content (AvgIpc) is 2.55. The maximum Gasteiger partial charge on any atom is 0.251 e. The molecule has 0 saturated heterocycles. The molecule has 0 aromatic heterocycles. The van der Waals surface area contributed by atoms with Crippen molar-refractivity contribution in [3.8, 4) is 0 Å². The molecule has 2 aromatic rings. The van der Waals surface area contributed by atoms with E-state index in [1.807, 2.05) is 19.1 Å². The van der Waals surface area contributed by atoms with Gasteiger partial charge in [0, 0.05) is 18.9 Å². The summed E-state index contributed by atoms with van der Waals surface area (Å²) in [7, 11) is -1.60. The molecule has 0 spiro atoms. The number of carbonyl (C=O) groups excluding carboxylic acids is 1. The van der Waals surface area contributed by atoms with Gasteiger partial charge in [0.05, 0.1) is 17.5 Å². The van der Waals surface area contributed by atoms with Crippen molar-refractivity contribution in [2.45, 2.75) is 24.5 Å². The van der Waals surface area contributed by atoms with Crippen molar-refractivity contribution in [1.29, 1.82) is 0 Å². The molecule has 2 aromatic carbocycles. The Kier molecular flexibility index (Phi) is 5.75. The van der Waals surface area contributed by atoms with Gasteiger partial charge in [0.2, 0.25) is 0 Å². The maximum absolute atomic E-state index is 12.3. The van der Waals surface area contributed by atoms with Crippen LogP contribution in [0.2, 0.25) is 0 Å². The third-order valence-electron chi connectivity index (χ3n) is 3.68. The fourth-order valence-electron chi connectivity index (χ4n) is 2.29. The zero-order valence-corrected chi connectivity index (χ0v) is 14.8. The smallest absolute Gasteiger partial charge is 0.251 e. The summed E-state index contributed by atoms with van der Waals surface area (Å²) in [5.41, 5.74) is 2.40. The van der Waals surface area contributed by atoms with Crippen LogP contribution in [-0.4, -0.2) is 27.7 Å². The molecule has 0 aliphatic rings. The van der Waals surface area contributed by atoms with Crippen LogP contribution in [0.15, 0.2) is 53.4 Å². The first-order valence-corrected chi connectivity index (χ1v) is 9.39. The number of amides is 1. The Morgan fingerprint density at radius 1 is 1.08 bits per heavy atom. The molecule has 1 N–H and O–H groups in total. The molecule has 128 valence electrons. The zero-order chi connectivity index (χ0) is 17.7. The number of sulfone groups is 1. The van der Waals surface area contributed by atoms with Gasteiger partial charge in [0.25, 0.3) is 5.91 Å². The van der Waals surface area contributed by atoms with Gasteiger partial charge >= 0.3 is 0 Å². The minimum atomic E-state index is -3.22. The summed E-state index contributed by atoms with van der Waals surface area (Å²) in [6.45, 7) is 2.36. The van der Waals surface area contributed by atoms with Crippen LogP contribution in [0.1, 0.15) is 34.5 Å². The topological polar surface area (TPSA) is 72.5 Å². The normalized spacial score (nSPS) is 12.6. The van der Waals surface area contributed by atoms with E-state index in [9.17, 15) is 13.2 Å². The third-order valence-corrected chi connectivity index (χ3v) is 4.81. The molecular formula is C18H21NO4S. The van der Waals surface area contributed by atoms with E-state index in [0.29, 0.717) is 12.2 Å². The van der Waals surface area contributed by atoms with E-state index in [0.717, 1.165) is 11.1 Å². The van der Waals surface area contributed by atoms with E-state index in [1.54, 1.807) is 43.5 Å². The van der Waals surface area contributed by atoms with Crippen LogP contribution in [0.5, 0.6) is 0 Å². The Labute approximate surface area is 142 Å². The Hall–Kier alpha value is -2.18. The highest BCUT2D eigenvalue weighted by molar-refractivity contribution is 7.90. The number of rotatable bonds is 6. The molecule has 0 saturated carbocycles. The van der Waals surface area contributed by atoms with E-state index < -0.39 is 9.84 Å². The summed E-state index contributed by atoms with van der Waals surface area (Å²) < 4.78 is 28.0. The number of ether oxygens (including phenoxy) is 1. The second-order valence-electron chi connectivity index (χ2n) is 5.67. The van der Waals surface area contributed by atoms with Crippen molar-refractivity contribution in [3.63, 3.8) is 0 Å². The Morgan fingerprint density at radius 3 is 2.17 bits per heavy atom. The molecule has 6 heteroatoms. The minimum Gasteiger partial charge on any atom is -0.380 e. The summed E-state index contributed by atoms with van der Waals surface area (Å²) in [4.78, 5) is 12.5. The molecule has 0 heterocycles. The number of nitrogens with one attached hydrogen (secondary N) is 1. The van der Waals surface area contributed by atoms with Crippen molar-refractivity contribution >= 4 is 15.7 Å². The first-order valence-electron chi connectivity index (χ1n) is 7.50. The predicted octanol–water partition coefficient (Wildman–Crippen LogP) is 2.73. The lowest BCUT2D eigenvalue weighted by Gasteiger charge is -2.15. The molecule has 2 rings (SSSR count). The molecule has 1 amide bonds. The van der Waals surface area contributed by atoms with Crippen molar-refractivity contribution < 1.29 is 17.9 Å². The first-order chi connectivity index (χ1) is 11.3. The molecule has 0 aliphatic carbocycles. The van der Waals surface area contributed by atoms with Gasteiger partial charge in [-0.05, 0) is 42.3 Å². The van der Waals surface area contributed by atoms with Crippen LogP contribution in [0, 0.1) is 0 Å². The van der Waals surface area contributed by atoms with Gasteiger partial charge in [-0.3, -0.25) is 4.79 Å². The van der Waals surface area contributed by atoms with Crippen LogP contribution in [0.25, 0.3) is 0 Å². The highest BCUT2D eigenvalue weighted by atomic mass is 32.2. The second-order valence-corrected chi connectivity index (χ2v) is 7.68. The molecule has 0 fully saturated rings. The Bertz CT molecular complexity index is 796. The highest BCUT2D eigenvalue weighted by Crippen LogP contribution is 2.17. The van der Waals surface area contributed by atoms with Crippen molar-refractivity contribution in [1.82, 2.24) is 5.32 Å². The summed E-state index contributed by atoms with van der Waals surface area (Å²) in [5, 5.41) is 2.90. The van der Waals surface area contributed by atoms with E-state index in [4.69, 9.17) is 4.74 Å². The molecular weight excluding hydrogens is 326 g/mol. The van der Waals surface area contributed by atoms with Crippen molar-refractivity contribution in [3.05, 3.63) is 65.2 Å². The molecule has 0 aliphatic heterocycles. The monoisotopic (exact) mass is 347 g/mol. The summed E-state index contributed by atoms with van der Waals surface area (Å²) >= 11 is 0. The van der Waals surface area contributed by atoms with Crippen LogP contribution in [0.4, 0.5) is 0 Å². The van der Waals surface area contributed by atoms with E-state index in [-0.39, 0.29) is 16.8 Å². The van der Waals surface area contributed by atoms with Crippen LogP contribution in [0.3, 0.4) is 0 Å². The molecule has 0 unspecified atom stereocenters. The van der Waals surface area contributed by atoms with Gasteiger partial charge in [0.15, 0.2) is 9.84 Å². The Morgan fingerprint density at radius 2 is 1.67 bits per heavy atom. The van der Waals surface area contributed by atoms with Crippen molar-refractivity contribution in [2.75, 3.05) is 13.4 Å². The molecule has 0 radical (unpaired) electrons. The number of hydrogen-bond donors (Lipinski definition) is 1. The van der Waals surface area contributed by atoms with Gasteiger partial charge < -0.3 is 10.1 Å². The number of benzene rings is 2. The lowest BCUT2D eigenvalue weighted by molar-refractivity contribution is 0.0939. The number of carbonyl (C=O) groups is 1. The lowest BCUT2D eigenvalue weighted by Crippen LogP contribution is -2.26. The minimum absolute atomic E-state index is 0.182. The number of hydrogen-bond acceptors (Lipinski definition) is 4. The second kappa shape index (κ2) is 7.59. The van der Waals surface area contributed by atoms with E-state index >= 15 is 0 Å². The lowest BCUT2D eigenvalue weighted by atomic mass is 10.1. The molecule has 0 bridgehead atoms. The fraction of sp³-hybridized carbons (Fsp3) is 0.278. The van der Waals surface area contributed by atoms with E-state index in [1.165, 1.54) is 6.26 Å². The van der Waals surface area contributed by atoms with Gasteiger partial charge in [0.1, 0.15) is 0 Å². The van der Waals surface area contributed by atoms with Crippen molar-refractivity contribution in [2.24, 2.45) is 0 Å². The molecule has 5 nitrogen and oxygen atoms in total. The largest absolute Gasteiger partial charge is 0.380 e. The summed E-state index contributed by atoms with van der Waals surface area (Å²) in [5.74, 6) is -0.182. The predicted molar refractivity (Wildman–Crippen MR) is 92.6 cm³/mol. The van der Waals surface area contributed by atoms with Gasteiger partial charge in [-0.15, -0.1) is 0 Å².